The van der Waals surface area contributed by atoms with Crippen molar-refractivity contribution >= 4 is 29.1 Å². The first kappa shape index (κ1) is 15.7. The molecule has 0 bridgehead atoms. The van der Waals surface area contributed by atoms with Crippen molar-refractivity contribution in [1.82, 2.24) is 9.97 Å². The summed E-state index contributed by atoms with van der Waals surface area (Å²) in [6, 6.07) is 6.36. The van der Waals surface area contributed by atoms with Crippen LogP contribution in [0.3, 0.4) is 0 Å². The first-order chi connectivity index (χ1) is 9.88. The summed E-state index contributed by atoms with van der Waals surface area (Å²) in [6.07, 6.45) is 0. The molecule has 1 heterocycles. The zero-order valence-corrected chi connectivity index (χ0v) is 13.4. The first-order valence-electron chi connectivity index (χ1n) is 6.35. The average molecular weight is 324 g/mol. The van der Waals surface area contributed by atoms with Gasteiger partial charge in [-0.25, -0.2) is 9.97 Å². The SMILES string of the molecule is Cc1c(Cl)nc(C(C)C)nc1Sc1ccc([N+](=O)[O-])cc1. The van der Waals surface area contributed by atoms with Crippen molar-refractivity contribution in [2.75, 3.05) is 0 Å². The molecule has 0 saturated heterocycles. The van der Waals surface area contributed by atoms with Crippen LogP contribution < -0.4 is 0 Å². The van der Waals surface area contributed by atoms with Crippen LogP contribution in [0.15, 0.2) is 34.2 Å². The van der Waals surface area contributed by atoms with E-state index in [0.717, 1.165) is 15.5 Å². The molecule has 0 aliphatic rings. The van der Waals surface area contributed by atoms with Crippen LogP contribution >= 0.6 is 23.4 Å². The minimum atomic E-state index is -0.419. The molecule has 0 aliphatic heterocycles. The molecule has 2 aromatic rings. The van der Waals surface area contributed by atoms with Crippen molar-refractivity contribution < 1.29 is 4.92 Å². The number of nitro benzene ring substituents is 1. The van der Waals surface area contributed by atoms with E-state index < -0.39 is 4.92 Å². The predicted octanol–water partition coefficient (Wildman–Crippen LogP) is 4.62. The van der Waals surface area contributed by atoms with Crippen LogP contribution in [0.1, 0.15) is 31.2 Å². The van der Waals surface area contributed by atoms with Crippen molar-refractivity contribution in [2.24, 2.45) is 0 Å². The van der Waals surface area contributed by atoms with Gasteiger partial charge in [0.2, 0.25) is 0 Å². The lowest BCUT2D eigenvalue weighted by Gasteiger charge is -2.10. The highest BCUT2D eigenvalue weighted by molar-refractivity contribution is 7.99. The standard InChI is InChI=1S/C14H14ClN3O2S/c1-8(2)13-16-12(15)9(3)14(17-13)21-11-6-4-10(5-7-11)18(19)20/h4-8H,1-3H3. The number of aromatic nitrogens is 2. The van der Waals surface area contributed by atoms with E-state index in [0.29, 0.717) is 11.0 Å². The van der Waals surface area contributed by atoms with Crippen LogP contribution in [0.25, 0.3) is 0 Å². The third kappa shape index (κ3) is 3.71. The first-order valence-corrected chi connectivity index (χ1v) is 7.54. The molecule has 0 amide bonds. The van der Waals surface area contributed by atoms with Gasteiger partial charge in [0.05, 0.1) is 4.92 Å². The Morgan fingerprint density at radius 1 is 1.24 bits per heavy atom. The number of hydrogen-bond donors (Lipinski definition) is 0. The highest BCUT2D eigenvalue weighted by Crippen LogP contribution is 2.32. The molecular weight excluding hydrogens is 310 g/mol. The van der Waals surface area contributed by atoms with Gasteiger partial charge in [-0.05, 0) is 19.1 Å². The van der Waals surface area contributed by atoms with E-state index >= 15 is 0 Å². The summed E-state index contributed by atoms with van der Waals surface area (Å²) in [5.74, 6) is 0.870. The van der Waals surface area contributed by atoms with Gasteiger partial charge in [0, 0.05) is 28.5 Å². The highest BCUT2D eigenvalue weighted by Gasteiger charge is 2.13. The lowest BCUT2D eigenvalue weighted by Crippen LogP contribution is -2.01. The molecule has 0 saturated carbocycles. The largest absolute Gasteiger partial charge is 0.269 e. The summed E-state index contributed by atoms with van der Waals surface area (Å²) in [5, 5.41) is 11.9. The van der Waals surface area contributed by atoms with Crippen molar-refractivity contribution in [1.29, 1.82) is 0 Å². The number of non-ortho nitro benzene ring substituents is 1. The van der Waals surface area contributed by atoms with E-state index in [2.05, 4.69) is 9.97 Å². The van der Waals surface area contributed by atoms with Gasteiger partial charge in [-0.2, -0.15) is 0 Å². The molecule has 0 spiro atoms. The molecule has 5 nitrogen and oxygen atoms in total. The molecule has 7 heteroatoms. The molecule has 1 aromatic carbocycles. The minimum absolute atomic E-state index is 0.0691. The summed E-state index contributed by atoms with van der Waals surface area (Å²) in [5.41, 5.74) is 0.879. The van der Waals surface area contributed by atoms with Crippen molar-refractivity contribution in [3.63, 3.8) is 0 Å². The second kappa shape index (κ2) is 6.41. The lowest BCUT2D eigenvalue weighted by atomic mass is 10.2. The quantitative estimate of drug-likeness (QED) is 0.466. The van der Waals surface area contributed by atoms with Crippen molar-refractivity contribution in [3.8, 4) is 0 Å². The summed E-state index contributed by atoms with van der Waals surface area (Å²) in [6.45, 7) is 5.86. The monoisotopic (exact) mass is 323 g/mol. The molecule has 0 aliphatic carbocycles. The van der Waals surface area contributed by atoms with Crippen LogP contribution in [0.4, 0.5) is 5.69 Å². The fraction of sp³-hybridized carbons (Fsp3) is 0.286. The molecule has 1 aromatic heterocycles. The maximum absolute atomic E-state index is 10.6. The summed E-state index contributed by atoms with van der Waals surface area (Å²) < 4.78 is 0. The Kier molecular flexibility index (Phi) is 4.80. The topological polar surface area (TPSA) is 68.9 Å². The molecule has 0 N–H and O–H groups in total. The zero-order valence-electron chi connectivity index (χ0n) is 11.8. The van der Waals surface area contributed by atoms with E-state index in [1.807, 2.05) is 20.8 Å². The lowest BCUT2D eigenvalue weighted by molar-refractivity contribution is -0.384. The number of rotatable bonds is 4. The van der Waals surface area contributed by atoms with E-state index in [4.69, 9.17) is 11.6 Å². The number of benzene rings is 1. The van der Waals surface area contributed by atoms with Crippen LogP contribution in [0.5, 0.6) is 0 Å². The van der Waals surface area contributed by atoms with Gasteiger partial charge >= 0.3 is 0 Å². The van der Waals surface area contributed by atoms with E-state index in [9.17, 15) is 10.1 Å². The van der Waals surface area contributed by atoms with Gasteiger partial charge in [0.15, 0.2) is 0 Å². The Hall–Kier alpha value is -1.66. The molecule has 21 heavy (non-hydrogen) atoms. The van der Waals surface area contributed by atoms with Crippen LogP contribution in [0.2, 0.25) is 5.15 Å². The fourth-order valence-electron chi connectivity index (χ4n) is 1.59. The molecule has 0 fully saturated rings. The third-order valence-corrected chi connectivity index (χ3v) is 4.30. The molecule has 0 atom stereocenters. The number of nitro groups is 1. The Labute approximate surface area is 131 Å². The highest BCUT2D eigenvalue weighted by atomic mass is 35.5. The molecule has 0 unspecified atom stereocenters. The minimum Gasteiger partial charge on any atom is -0.258 e. The van der Waals surface area contributed by atoms with Gasteiger partial charge in [0.25, 0.3) is 5.69 Å². The summed E-state index contributed by atoms with van der Waals surface area (Å²) in [4.78, 5) is 19.9. The third-order valence-electron chi connectivity index (χ3n) is 2.84. The molecule has 2 rings (SSSR count). The smallest absolute Gasteiger partial charge is 0.258 e. The maximum Gasteiger partial charge on any atom is 0.269 e. The average Bonchev–Trinajstić information content (AvgIpc) is 2.44. The summed E-state index contributed by atoms with van der Waals surface area (Å²) >= 11 is 7.56. The number of nitrogens with zero attached hydrogens (tertiary/aromatic N) is 3. The van der Waals surface area contributed by atoms with Crippen LogP contribution in [0, 0.1) is 17.0 Å². The fourth-order valence-corrected chi connectivity index (χ4v) is 2.71. The Balaban J connectivity index is 2.32. The molecule has 0 radical (unpaired) electrons. The molecular formula is C14H14ClN3O2S. The van der Waals surface area contributed by atoms with Crippen LogP contribution in [-0.2, 0) is 0 Å². The zero-order chi connectivity index (χ0) is 15.6. The van der Waals surface area contributed by atoms with Gasteiger partial charge in [-0.15, -0.1) is 0 Å². The normalized spacial score (nSPS) is 10.9. The van der Waals surface area contributed by atoms with Crippen LogP contribution in [-0.4, -0.2) is 14.9 Å². The second-order valence-electron chi connectivity index (χ2n) is 4.81. The number of hydrogen-bond acceptors (Lipinski definition) is 5. The molecule has 110 valence electrons. The van der Waals surface area contributed by atoms with Gasteiger partial charge in [0.1, 0.15) is 16.0 Å². The van der Waals surface area contributed by atoms with Gasteiger partial charge < -0.3 is 0 Å². The van der Waals surface area contributed by atoms with Gasteiger partial charge in [-0.1, -0.05) is 37.2 Å². The maximum atomic E-state index is 10.6. The Bertz CT molecular complexity index is 675. The summed E-state index contributed by atoms with van der Waals surface area (Å²) in [7, 11) is 0. The van der Waals surface area contributed by atoms with Crippen molar-refractivity contribution in [2.45, 2.75) is 36.6 Å². The van der Waals surface area contributed by atoms with E-state index in [1.54, 1.807) is 12.1 Å². The Morgan fingerprint density at radius 2 is 1.86 bits per heavy atom. The van der Waals surface area contributed by atoms with Gasteiger partial charge in [-0.3, -0.25) is 10.1 Å². The van der Waals surface area contributed by atoms with Crippen molar-refractivity contribution in [3.05, 3.63) is 50.9 Å². The number of halogens is 1. The predicted molar refractivity (Wildman–Crippen MR) is 83.1 cm³/mol. The van der Waals surface area contributed by atoms with E-state index in [-0.39, 0.29) is 11.6 Å². The second-order valence-corrected chi connectivity index (χ2v) is 6.23. The van der Waals surface area contributed by atoms with E-state index in [1.165, 1.54) is 23.9 Å². The Morgan fingerprint density at radius 3 is 2.38 bits per heavy atom.